The van der Waals surface area contributed by atoms with Crippen molar-refractivity contribution in [1.82, 2.24) is 5.32 Å². The summed E-state index contributed by atoms with van der Waals surface area (Å²) in [5.74, 6) is -1.30. The van der Waals surface area contributed by atoms with Crippen LogP contribution in [0.15, 0.2) is 12.1 Å². The molecule has 1 aromatic carbocycles. The Bertz CT molecular complexity index is 602. The number of halogens is 3. The van der Waals surface area contributed by atoms with Gasteiger partial charge in [-0.05, 0) is 63.6 Å². The number of esters is 1. The smallest absolute Gasteiger partial charge is 0.323 e. The monoisotopic (exact) mass is 375 g/mol. The Labute approximate surface area is 154 Å². The molecule has 6 heteroatoms. The van der Waals surface area contributed by atoms with Gasteiger partial charge in [0.15, 0.2) is 0 Å². The molecule has 1 N–H and O–H groups in total. The van der Waals surface area contributed by atoms with Crippen LogP contribution >= 0.6 is 12.4 Å². The predicted molar refractivity (Wildman–Crippen MR) is 97.1 cm³/mol. The molecule has 0 aliphatic heterocycles. The van der Waals surface area contributed by atoms with E-state index >= 15 is 0 Å². The fourth-order valence-electron chi connectivity index (χ4n) is 3.14. The molecule has 1 aliphatic carbocycles. The highest BCUT2D eigenvalue weighted by Crippen LogP contribution is 2.26. The van der Waals surface area contributed by atoms with Gasteiger partial charge in [-0.1, -0.05) is 13.3 Å². The van der Waals surface area contributed by atoms with Crippen LogP contribution in [0, 0.1) is 11.6 Å². The van der Waals surface area contributed by atoms with Gasteiger partial charge in [0.25, 0.3) is 0 Å². The van der Waals surface area contributed by atoms with E-state index in [0.29, 0.717) is 24.8 Å². The maximum absolute atomic E-state index is 14.0. The summed E-state index contributed by atoms with van der Waals surface area (Å²) in [6, 6.07) is 1.93. The number of carbonyl (C=O) groups excluding carboxylic acids is 1. The Balaban J connectivity index is 0.00000312. The lowest BCUT2D eigenvalue weighted by atomic mass is 9.87. The first-order chi connectivity index (χ1) is 11.2. The highest BCUT2D eigenvalue weighted by molar-refractivity contribution is 5.85. The van der Waals surface area contributed by atoms with Crippen LogP contribution in [0.1, 0.15) is 58.1 Å². The molecular formula is C19H28ClF2NO2. The van der Waals surface area contributed by atoms with E-state index in [1.165, 1.54) is 6.07 Å². The van der Waals surface area contributed by atoms with Crippen molar-refractivity contribution in [2.75, 3.05) is 0 Å². The van der Waals surface area contributed by atoms with Crippen LogP contribution in [0.2, 0.25) is 0 Å². The molecule has 0 spiro atoms. The van der Waals surface area contributed by atoms with Crippen molar-refractivity contribution >= 4 is 18.4 Å². The Morgan fingerprint density at radius 1 is 1.36 bits per heavy atom. The molecule has 0 amide bonds. The molecule has 0 saturated heterocycles. The van der Waals surface area contributed by atoms with Gasteiger partial charge in [0.2, 0.25) is 0 Å². The fourth-order valence-corrected chi connectivity index (χ4v) is 3.14. The molecule has 0 fully saturated rings. The van der Waals surface area contributed by atoms with Crippen molar-refractivity contribution in [2.24, 2.45) is 0 Å². The van der Waals surface area contributed by atoms with E-state index in [2.05, 4.69) is 5.32 Å². The van der Waals surface area contributed by atoms with E-state index in [-0.39, 0.29) is 24.4 Å². The SMILES string of the molecule is CCC[C@H](N[C@H]1CCc2cc(F)cc(F)c2C1)C(=O)OC(C)(C)C.Cl. The van der Waals surface area contributed by atoms with Crippen molar-refractivity contribution in [3.63, 3.8) is 0 Å². The highest BCUT2D eigenvalue weighted by Gasteiger charge is 2.29. The number of benzene rings is 1. The molecule has 0 aromatic heterocycles. The Morgan fingerprint density at radius 2 is 2.04 bits per heavy atom. The van der Waals surface area contributed by atoms with Crippen LogP contribution in [-0.2, 0) is 22.4 Å². The number of aryl methyl sites for hydroxylation is 1. The molecule has 142 valence electrons. The minimum absolute atomic E-state index is 0. The van der Waals surface area contributed by atoms with E-state index in [4.69, 9.17) is 4.74 Å². The largest absolute Gasteiger partial charge is 0.459 e. The van der Waals surface area contributed by atoms with Crippen LogP contribution in [0.5, 0.6) is 0 Å². The molecule has 1 aromatic rings. The van der Waals surface area contributed by atoms with Gasteiger partial charge in [-0.25, -0.2) is 8.78 Å². The quantitative estimate of drug-likeness (QED) is 0.778. The number of fused-ring (bicyclic) bond motifs is 1. The number of hydrogen-bond donors (Lipinski definition) is 1. The first kappa shape index (κ1) is 21.8. The number of rotatable bonds is 5. The average molecular weight is 376 g/mol. The van der Waals surface area contributed by atoms with Gasteiger partial charge in [0.1, 0.15) is 23.3 Å². The summed E-state index contributed by atoms with van der Waals surface area (Å²) in [6.07, 6.45) is 3.34. The van der Waals surface area contributed by atoms with Crippen molar-refractivity contribution < 1.29 is 18.3 Å². The lowest BCUT2D eigenvalue weighted by Crippen LogP contribution is -2.48. The zero-order valence-corrected chi connectivity index (χ0v) is 16.1. The summed E-state index contributed by atoms with van der Waals surface area (Å²) in [5, 5.41) is 3.33. The Hall–Kier alpha value is -1.20. The van der Waals surface area contributed by atoms with Crippen molar-refractivity contribution in [3.05, 3.63) is 34.9 Å². The minimum Gasteiger partial charge on any atom is -0.459 e. The summed E-state index contributed by atoms with van der Waals surface area (Å²) < 4.78 is 32.8. The van der Waals surface area contributed by atoms with Crippen LogP contribution in [-0.4, -0.2) is 23.7 Å². The molecule has 0 unspecified atom stereocenters. The van der Waals surface area contributed by atoms with Gasteiger partial charge < -0.3 is 10.1 Å². The number of hydrogen-bond acceptors (Lipinski definition) is 3. The topological polar surface area (TPSA) is 38.3 Å². The molecule has 0 bridgehead atoms. The van der Waals surface area contributed by atoms with Crippen LogP contribution in [0.25, 0.3) is 0 Å². The Morgan fingerprint density at radius 3 is 2.64 bits per heavy atom. The summed E-state index contributed by atoms with van der Waals surface area (Å²) in [4.78, 5) is 12.4. The number of nitrogens with one attached hydrogen (secondary N) is 1. The Kier molecular flexibility index (Phi) is 7.82. The van der Waals surface area contributed by atoms with Crippen molar-refractivity contribution in [1.29, 1.82) is 0 Å². The third-order valence-electron chi connectivity index (χ3n) is 4.17. The van der Waals surface area contributed by atoms with Crippen molar-refractivity contribution in [2.45, 2.75) is 77.5 Å². The summed E-state index contributed by atoms with van der Waals surface area (Å²) >= 11 is 0. The lowest BCUT2D eigenvalue weighted by molar-refractivity contribution is -0.158. The van der Waals surface area contributed by atoms with E-state index in [1.54, 1.807) is 0 Å². The second-order valence-corrected chi connectivity index (χ2v) is 7.51. The minimum atomic E-state index is -0.534. The maximum Gasteiger partial charge on any atom is 0.323 e. The normalized spacial score (nSPS) is 18.1. The fraction of sp³-hybridized carbons (Fsp3) is 0.632. The van der Waals surface area contributed by atoms with Crippen LogP contribution < -0.4 is 5.32 Å². The molecule has 2 atom stereocenters. The zero-order chi connectivity index (χ0) is 17.9. The maximum atomic E-state index is 14.0. The third-order valence-corrected chi connectivity index (χ3v) is 4.17. The average Bonchev–Trinajstić information content (AvgIpc) is 2.45. The molecule has 25 heavy (non-hydrogen) atoms. The molecule has 0 heterocycles. The summed E-state index contributed by atoms with van der Waals surface area (Å²) in [6.45, 7) is 7.54. The molecule has 0 saturated carbocycles. The van der Waals surface area contributed by atoms with Gasteiger partial charge in [0.05, 0.1) is 0 Å². The van der Waals surface area contributed by atoms with Gasteiger partial charge in [-0.3, -0.25) is 4.79 Å². The first-order valence-corrected chi connectivity index (χ1v) is 8.65. The van der Waals surface area contributed by atoms with Gasteiger partial charge in [0, 0.05) is 12.1 Å². The van der Waals surface area contributed by atoms with Gasteiger partial charge in [-0.2, -0.15) is 0 Å². The van der Waals surface area contributed by atoms with Gasteiger partial charge in [-0.15, -0.1) is 12.4 Å². The van der Waals surface area contributed by atoms with E-state index in [0.717, 1.165) is 24.5 Å². The molecule has 1 aliphatic rings. The highest BCUT2D eigenvalue weighted by atomic mass is 35.5. The van der Waals surface area contributed by atoms with Crippen molar-refractivity contribution in [3.8, 4) is 0 Å². The predicted octanol–water partition coefficient (Wildman–Crippen LogP) is 4.34. The second kappa shape index (κ2) is 8.95. The third kappa shape index (κ3) is 6.23. The lowest BCUT2D eigenvalue weighted by Gasteiger charge is -2.31. The summed E-state index contributed by atoms with van der Waals surface area (Å²) in [5.41, 5.74) is 0.752. The zero-order valence-electron chi connectivity index (χ0n) is 15.3. The molecular weight excluding hydrogens is 348 g/mol. The van der Waals surface area contributed by atoms with E-state index < -0.39 is 23.3 Å². The van der Waals surface area contributed by atoms with Crippen LogP contribution in [0.3, 0.4) is 0 Å². The summed E-state index contributed by atoms with van der Waals surface area (Å²) in [7, 11) is 0. The number of ether oxygens (including phenoxy) is 1. The molecule has 0 radical (unpaired) electrons. The molecule has 2 rings (SSSR count). The van der Waals surface area contributed by atoms with Gasteiger partial charge >= 0.3 is 5.97 Å². The standard InChI is InChI=1S/C19H27F2NO2.ClH/c1-5-6-17(18(23)24-19(2,3)4)22-14-8-7-12-9-13(20)10-16(21)15(12)11-14;/h9-10,14,17,22H,5-8,11H2,1-4H3;1H/t14-,17-;/m0./s1. The second-order valence-electron chi connectivity index (χ2n) is 7.51. The number of carbonyl (C=O) groups is 1. The van der Waals surface area contributed by atoms with Crippen LogP contribution in [0.4, 0.5) is 8.78 Å². The van der Waals surface area contributed by atoms with E-state index in [9.17, 15) is 13.6 Å². The molecule has 3 nitrogen and oxygen atoms in total. The first-order valence-electron chi connectivity index (χ1n) is 8.65. The van der Waals surface area contributed by atoms with E-state index in [1.807, 2.05) is 27.7 Å².